The molecular weight excluding hydrogens is 518 g/mol. The Labute approximate surface area is 231 Å². The average Bonchev–Trinajstić information content (AvgIpc) is 3.35. The smallest absolute Gasteiger partial charge is 0.245 e. The van der Waals surface area contributed by atoms with Gasteiger partial charge < -0.3 is 10.2 Å². The normalized spacial score (nSPS) is 14.1. The molecule has 0 spiro atoms. The molecule has 0 radical (unpaired) electrons. The number of carbonyl (C=O) groups is 2. The summed E-state index contributed by atoms with van der Waals surface area (Å²) >= 11 is 6.12. The van der Waals surface area contributed by atoms with Crippen LogP contribution < -0.4 is 21.1 Å². The number of aromatic nitrogens is 4. The van der Waals surface area contributed by atoms with Crippen LogP contribution in [0, 0.1) is 6.92 Å². The van der Waals surface area contributed by atoms with E-state index in [4.69, 9.17) is 11.6 Å². The SMILES string of the molecule is Cc1nc2c3ccccc3nc(NNC(=O)CCC(=O)NCCCN3CCN(c4cccc(Cl)c4)CC3)n2n1. The number of rotatable bonds is 10. The molecule has 1 aliphatic heterocycles. The Morgan fingerprint density at radius 1 is 0.974 bits per heavy atom. The highest BCUT2D eigenvalue weighted by atomic mass is 35.5. The first-order chi connectivity index (χ1) is 19.0. The fraction of sp³-hybridized carbons (Fsp3) is 0.370. The summed E-state index contributed by atoms with van der Waals surface area (Å²) < 4.78 is 1.56. The molecule has 0 atom stereocenters. The van der Waals surface area contributed by atoms with Crippen LogP contribution in [-0.2, 0) is 9.59 Å². The van der Waals surface area contributed by atoms with Crippen LogP contribution in [-0.4, -0.2) is 75.6 Å². The quantitative estimate of drug-likeness (QED) is 0.204. The van der Waals surface area contributed by atoms with E-state index in [0.717, 1.165) is 60.8 Å². The summed E-state index contributed by atoms with van der Waals surface area (Å²) in [5, 5.41) is 8.90. The molecule has 1 aliphatic rings. The van der Waals surface area contributed by atoms with E-state index in [9.17, 15) is 9.59 Å². The molecule has 204 valence electrons. The lowest BCUT2D eigenvalue weighted by Gasteiger charge is -2.36. The number of amides is 2. The van der Waals surface area contributed by atoms with Gasteiger partial charge in [0.25, 0.3) is 0 Å². The monoisotopic (exact) mass is 549 g/mol. The van der Waals surface area contributed by atoms with Crippen LogP contribution in [0.4, 0.5) is 11.6 Å². The molecule has 1 fully saturated rings. The highest BCUT2D eigenvalue weighted by Crippen LogP contribution is 2.21. The van der Waals surface area contributed by atoms with Gasteiger partial charge in [0.15, 0.2) is 5.65 Å². The van der Waals surface area contributed by atoms with Crippen LogP contribution in [0.5, 0.6) is 0 Å². The third-order valence-corrected chi connectivity index (χ3v) is 6.93. The lowest BCUT2D eigenvalue weighted by molar-refractivity contribution is -0.126. The highest BCUT2D eigenvalue weighted by Gasteiger charge is 2.17. The van der Waals surface area contributed by atoms with Crippen LogP contribution in [0.15, 0.2) is 48.5 Å². The van der Waals surface area contributed by atoms with Crippen molar-refractivity contribution < 1.29 is 9.59 Å². The van der Waals surface area contributed by atoms with Crippen molar-refractivity contribution in [1.82, 2.24) is 35.2 Å². The van der Waals surface area contributed by atoms with Gasteiger partial charge in [-0.05, 0) is 50.2 Å². The molecule has 0 unspecified atom stereocenters. The van der Waals surface area contributed by atoms with Crippen molar-refractivity contribution >= 4 is 51.6 Å². The van der Waals surface area contributed by atoms with E-state index in [-0.39, 0.29) is 24.7 Å². The second-order valence-corrected chi connectivity index (χ2v) is 9.97. The van der Waals surface area contributed by atoms with Gasteiger partial charge in [0.1, 0.15) is 5.82 Å². The number of halogens is 1. The number of para-hydroxylation sites is 1. The summed E-state index contributed by atoms with van der Waals surface area (Å²) in [7, 11) is 0. The fourth-order valence-corrected chi connectivity index (χ4v) is 4.86. The molecule has 4 aromatic rings. The number of hydrazine groups is 1. The first-order valence-corrected chi connectivity index (χ1v) is 13.5. The first kappa shape index (κ1) is 26.6. The van der Waals surface area contributed by atoms with E-state index in [0.29, 0.717) is 24.0 Å². The van der Waals surface area contributed by atoms with Crippen molar-refractivity contribution in [2.75, 3.05) is 49.6 Å². The molecule has 0 bridgehead atoms. The molecule has 2 aromatic heterocycles. The zero-order valence-electron chi connectivity index (χ0n) is 21.9. The molecule has 2 aromatic carbocycles. The molecule has 0 saturated carbocycles. The molecule has 11 nitrogen and oxygen atoms in total. The number of piperazine rings is 1. The maximum absolute atomic E-state index is 12.4. The highest BCUT2D eigenvalue weighted by molar-refractivity contribution is 6.30. The van der Waals surface area contributed by atoms with Crippen molar-refractivity contribution in [3.8, 4) is 0 Å². The Morgan fingerprint density at radius 2 is 1.77 bits per heavy atom. The van der Waals surface area contributed by atoms with Crippen LogP contribution in [0.3, 0.4) is 0 Å². The van der Waals surface area contributed by atoms with Gasteiger partial charge in [-0.25, -0.2) is 9.97 Å². The number of nitrogens with zero attached hydrogens (tertiary/aromatic N) is 6. The number of fused-ring (bicyclic) bond motifs is 3. The number of nitrogens with one attached hydrogen (secondary N) is 3. The predicted octanol–water partition coefficient (Wildman–Crippen LogP) is 2.79. The van der Waals surface area contributed by atoms with Gasteiger partial charge in [-0.3, -0.25) is 25.3 Å². The van der Waals surface area contributed by atoms with Crippen LogP contribution in [0.2, 0.25) is 5.02 Å². The minimum Gasteiger partial charge on any atom is -0.369 e. The molecule has 0 aliphatic carbocycles. The predicted molar refractivity (Wildman–Crippen MR) is 152 cm³/mol. The van der Waals surface area contributed by atoms with Crippen molar-refractivity contribution in [3.05, 3.63) is 59.4 Å². The van der Waals surface area contributed by atoms with E-state index in [2.05, 4.69) is 47.1 Å². The van der Waals surface area contributed by atoms with Gasteiger partial charge in [0, 0.05) is 61.7 Å². The topological polar surface area (TPSA) is 120 Å². The van der Waals surface area contributed by atoms with Crippen molar-refractivity contribution in [3.63, 3.8) is 0 Å². The second kappa shape index (κ2) is 12.3. The van der Waals surface area contributed by atoms with Gasteiger partial charge in [-0.15, -0.1) is 5.10 Å². The summed E-state index contributed by atoms with van der Waals surface area (Å²) in [6.45, 7) is 7.14. The van der Waals surface area contributed by atoms with E-state index >= 15 is 0 Å². The standard InChI is InChI=1S/C27H32ClN9O2/c1-19-30-26-22-8-2-3-9-23(22)31-27(37(26)34-19)33-32-25(39)11-10-24(38)29-12-5-13-35-14-16-36(17-15-35)21-7-4-6-20(28)18-21/h2-4,6-9,18H,5,10-17H2,1H3,(H,29,38)(H,31,33)(H,32,39). The Balaban J connectivity index is 0.993. The lowest BCUT2D eigenvalue weighted by Crippen LogP contribution is -2.47. The summed E-state index contributed by atoms with van der Waals surface area (Å²) in [6, 6.07) is 15.6. The van der Waals surface area contributed by atoms with E-state index in [1.807, 2.05) is 42.5 Å². The van der Waals surface area contributed by atoms with E-state index in [1.165, 1.54) is 0 Å². The van der Waals surface area contributed by atoms with Gasteiger partial charge in [-0.1, -0.05) is 29.8 Å². The molecule has 2 amide bonds. The first-order valence-electron chi connectivity index (χ1n) is 13.1. The van der Waals surface area contributed by atoms with Crippen LogP contribution in [0.25, 0.3) is 16.6 Å². The Hall–Kier alpha value is -3.96. The third-order valence-electron chi connectivity index (χ3n) is 6.70. The number of anilines is 2. The largest absolute Gasteiger partial charge is 0.369 e. The molecule has 12 heteroatoms. The number of carbonyl (C=O) groups excluding carboxylic acids is 2. The summed E-state index contributed by atoms with van der Waals surface area (Å²) in [5.74, 6) is 0.478. The fourth-order valence-electron chi connectivity index (χ4n) is 4.68. The molecule has 5 rings (SSSR count). The molecular formula is C27H32ClN9O2. The Bertz CT molecular complexity index is 1470. The number of hydrogen-bond acceptors (Lipinski definition) is 8. The van der Waals surface area contributed by atoms with Crippen molar-refractivity contribution in [2.45, 2.75) is 26.2 Å². The Morgan fingerprint density at radius 3 is 2.59 bits per heavy atom. The van der Waals surface area contributed by atoms with Crippen molar-refractivity contribution in [1.29, 1.82) is 0 Å². The third kappa shape index (κ3) is 6.73. The van der Waals surface area contributed by atoms with Crippen molar-refractivity contribution in [2.24, 2.45) is 0 Å². The molecule has 3 N–H and O–H groups in total. The lowest BCUT2D eigenvalue weighted by atomic mass is 10.2. The number of hydrogen-bond donors (Lipinski definition) is 3. The second-order valence-electron chi connectivity index (χ2n) is 9.53. The maximum atomic E-state index is 12.4. The van der Waals surface area contributed by atoms with Gasteiger partial charge >= 0.3 is 0 Å². The molecule has 1 saturated heterocycles. The van der Waals surface area contributed by atoms with Gasteiger partial charge in [-0.2, -0.15) is 4.52 Å². The van der Waals surface area contributed by atoms with Gasteiger partial charge in [0.2, 0.25) is 17.8 Å². The summed E-state index contributed by atoms with van der Waals surface area (Å²) in [5.41, 5.74) is 7.97. The van der Waals surface area contributed by atoms with Crippen LogP contribution in [0.1, 0.15) is 25.1 Å². The Kier molecular flexibility index (Phi) is 8.38. The summed E-state index contributed by atoms with van der Waals surface area (Å²) in [4.78, 5) is 38.4. The van der Waals surface area contributed by atoms with Gasteiger partial charge in [0.05, 0.1) is 5.52 Å². The minimum atomic E-state index is -0.317. The maximum Gasteiger partial charge on any atom is 0.245 e. The summed E-state index contributed by atoms with van der Waals surface area (Å²) in [6.07, 6.45) is 1.02. The minimum absolute atomic E-state index is 0.0530. The van der Waals surface area contributed by atoms with Crippen LogP contribution >= 0.6 is 11.6 Å². The van der Waals surface area contributed by atoms with E-state index < -0.39 is 0 Å². The zero-order valence-corrected chi connectivity index (χ0v) is 22.6. The average molecular weight is 550 g/mol. The molecule has 39 heavy (non-hydrogen) atoms. The number of aryl methyl sites for hydroxylation is 1. The molecule has 3 heterocycles. The zero-order chi connectivity index (χ0) is 27.2. The van der Waals surface area contributed by atoms with E-state index in [1.54, 1.807) is 11.4 Å². The number of benzene rings is 2.